The van der Waals surface area contributed by atoms with E-state index in [2.05, 4.69) is 10.2 Å². The van der Waals surface area contributed by atoms with Crippen LogP contribution in [0.15, 0.2) is 30.3 Å². The minimum absolute atomic E-state index is 0.203. The van der Waals surface area contributed by atoms with Crippen molar-refractivity contribution < 1.29 is 13.2 Å². The van der Waals surface area contributed by atoms with Gasteiger partial charge in [0.15, 0.2) is 4.77 Å². The molecule has 0 amide bonds. The van der Waals surface area contributed by atoms with E-state index in [0.29, 0.717) is 10.5 Å². The molecule has 3 nitrogen and oxygen atoms in total. The van der Waals surface area contributed by atoms with Gasteiger partial charge in [0.05, 0.1) is 6.42 Å². The number of nitrogens with zero attached hydrogens (tertiary/aromatic N) is 2. The zero-order chi connectivity index (χ0) is 13.2. The maximum atomic E-state index is 12.2. The summed E-state index contributed by atoms with van der Waals surface area (Å²) in [6.45, 7) is 0. The van der Waals surface area contributed by atoms with E-state index >= 15 is 0 Å². The molecule has 7 heteroatoms. The summed E-state index contributed by atoms with van der Waals surface area (Å²) in [7, 11) is 0. The molecule has 1 aromatic heterocycles. The van der Waals surface area contributed by atoms with Crippen LogP contribution in [0.4, 0.5) is 13.2 Å². The summed E-state index contributed by atoms with van der Waals surface area (Å²) in [6, 6.07) is 8.93. The van der Waals surface area contributed by atoms with E-state index in [4.69, 9.17) is 12.2 Å². The van der Waals surface area contributed by atoms with Gasteiger partial charge in [0.25, 0.3) is 0 Å². The first kappa shape index (κ1) is 12.8. The number of benzene rings is 1. The standard InChI is InChI=1S/C11H10F3N3S/c12-11(13,14)7-6-9-15-16-10(18)17(9)8-4-2-1-3-5-8/h1-5H,6-7H2,(H,16,18). The van der Waals surface area contributed by atoms with E-state index in [0.717, 1.165) is 0 Å². The fourth-order valence-corrected chi connectivity index (χ4v) is 1.85. The molecule has 0 fully saturated rings. The number of alkyl halides is 3. The van der Waals surface area contributed by atoms with Gasteiger partial charge in [0.1, 0.15) is 5.82 Å². The molecule has 1 aromatic carbocycles. The molecule has 0 spiro atoms. The summed E-state index contributed by atoms with van der Waals surface area (Å²) < 4.78 is 38.4. The van der Waals surface area contributed by atoms with Crippen LogP contribution >= 0.6 is 12.2 Å². The lowest BCUT2D eigenvalue weighted by Gasteiger charge is -2.08. The van der Waals surface area contributed by atoms with Crippen molar-refractivity contribution in [3.8, 4) is 5.69 Å². The Hall–Kier alpha value is -1.63. The smallest absolute Gasteiger partial charge is 0.272 e. The second-order valence-corrected chi connectivity index (χ2v) is 4.12. The number of halogens is 3. The first-order valence-electron chi connectivity index (χ1n) is 5.26. The molecule has 1 heterocycles. The molecular weight excluding hydrogens is 263 g/mol. The molecule has 0 aliphatic heterocycles. The minimum Gasteiger partial charge on any atom is -0.272 e. The van der Waals surface area contributed by atoms with Crippen molar-refractivity contribution in [2.45, 2.75) is 19.0 Å². The van der Waals surface area contributed by atoms with Crippen molar-refractivity contribution in [1.29, 1.82) is 0 Å². The number of aryl methyl sites for hydroxylation is 1. The van der Waals surface area contributed by atoms with E-state index in [-0.39, 0.29) is 12.2 Å². The van der Waals surface area contributed by atoms with Crippen molar-refractivity contribution in [1.82, 2.24) is 14.8 Å². The van der Waals surface area contributed by atoms with Crippen molar-refractivity contribution in [2.75, 3.05) is 0 Å². The van der Waals surface area contributed by atoms with Crippen molar-refractivity contribution in [3.05, 3.63) is 40.9 Å². The number of hydrogen-bond donors (Lipinski definition) is 1. The topological polar surface area (TPSA) is 33.6 Å². The molecule has 18 heavy (non-hydrogen) atoms. The Balaban J connectivity index is 2.31. The van der Waals surface area contributed by atoms with E-state index < -0.39 is 12.6 Å². The maximum Gasteiger partial charge on any atom is 0.389 e. The minimum atomic E-state index is -4.20. The Kier molecular flexibility index (Phi) is 3.51. The van der Waals surface area contributed by atoms with Gasteiger partial charge in [0, 0.05) is 12.1 Å². The number of H-pyrrole nitrogens is 1. The third-order valence-corrected chi connectivity index (χ3v) is 2.66. The third kappa shape index (κ3) is 2.98. The molecule has 0 atom stereocenters. The molecule has 0 saturated heterocycles. The summed E-state index contributed by atoms with van der Waals surface area (Å²) in [5, 5.41) is 6.36. The lowest BCUT2D eigenvalue weighted by atomic mass is 10.2. The predicted octanol–water partition coefficient (Wildman–Crippen LogP) is 3.42. The summed E-state index contributed by atoms with van der Waals surface area (Å²) in [5.74, 6) is 0.281. The Labute approximate surface area is 106 Å². The predicted molar refractivity (Wildman–Crippen MR) is 63.1 cm³/mol. The maximum absolute atomic E-state index is 12.2. The van der Waals surface area contributed by atoms with Crippen LogP contribution in [0.1, 0.15) is 12.2 Å². The number of nitrogens with one attached hydrogen (secondary N) is 1. The summed E-state index contributed by atoms with van der Waals surface area (Å²) in [5.41, 5.74) is 0.702. The molecular formula is C11H10F3N3S. The molecule has 0 bridgehead atoms. The van der Waals surface area contributed by atoms with Gasteiger partial charge in [-0.05, 0) is 24.4 Å². The first-order valence-corrected chi connectivity index (χ1v) is 5.67. The Morgan fingerprint density at radius 1 is 1.22 bits per heavy atom. The van der Waals surface area contributed by atoms with Gasteiger partial charge in [-0.15, -0.1) is 0 Å². The van der Waals surface area contributed by atoms with Gasteiger partial charge in [-0.25, -0.2) is 0 Å². The second-order valence-electron chi connectivity index (χ2n) is 3.73. The van der Waals surface area contributed by atoms with Gasteiger partial charge < -0.3 is 0 Å². The van der Waals surface area contributed by atoms with Gasteiger partial charge in [-0.2, -0.15) is 18.3 Å². The highest BCUT2D eigenvalue weighted by molar-refractivity contribution is 7.71. The Morgan fingerprint density at radius 2 is 1.89 bits per heavy atom. The van der Waals surface area contributed by atoms with E-state index in [1.807, 2.05) is 6.07 Å². The van der Waals surface area contributed by atoms with Crippen LogP contribution in [0.3, 0.4) is 0 Å². The van der Waals surface area contributed by atoms with Crippen LogP contribution in [-0.4, -0.2) is 20.9 Å². The van der Waals surface area contributed by atoms with Gasteiger partial charge in [-0.3, -0.25) is 9.67 Å². The summed E-state index contributed by atoms with van der Waals surface area (Å²) >= 11 is 5.03. The molecule has 2 rings (SSSR count). The zero-order valence-corrected chi connectivity index (χ0v) is 10.1. The molecule has 2 aromatic rings. The number of hydrogen-bond acceptors (Lipinski definition) is 2. The average molecular weight is 273 g/mol. The van der Waals surface area contributed by atoms with Crippen molar-refractivity contribution in [2.24, 2.45) is 0 Å². The molecule has 0 radical (unpaired) electrons. The van der Waals surface area contributed by atoms with Crippen LogP contribution in [-0.2, 0) is 6.42 Å². The lowest BCUT2D eigenvalue weighted by molar-refractivity contribution is -0.134. The Morgan fingerprint density at radius 3 is 2.50 bits per heavy atom. The van der Waals surface area contributed by atoms with Crippen LogP contribution in [0.25, 0.3) is 5.69 Å². The lowest BCUT2D eigenvalue weighted by Crippen LogP contribution is -2.11. The SMILES string of the molecule is FC(F)(F)CCc1n[nH]c(=S)n1-c1ccccc1. The van der Waals surface area contributed by atoms with Crippen LogP contribution in [0, 0.1) is 4.77 Å². The number of aromatic nitrogens is 3. The normalized spacial score (nSPS) is 11.7. The van der Waals surface area contributed by atoms with Gasteiger partial charge in [-0.1, -0.05) is 18.2 Å². The largest absolute Gasteiger partial charge is 0.389 e. The molecule has 0 unspecified atom stereocenters. The summed E-state index contributed by atoms with van der Waals surface area (Å²) in [4.78, 5) is 0. The third-order valence-electron chi connectivity index (χ3n) is 2.39. The molecule has 0 saturated carbocycles. The number of rotatable bonds is 3. The first-order chi connectivity index (χ1) is 8.47. The van der Waals surface area contributed by atoms with E-state index in [9.17, 15) is 13.2 Å². The van der Waals surface area contributed by atoms with Crippen molar-refractivity contribution >= 4 is 12.2 Å². The monoisotopic (exact) mass is 273 g/mol. The molecule has 1 N–H and O–H groups in total. The fourth-order valence-electron chi connectivity index (χ4n) is 1.59. The highest BCUT2D eigenvalue weighted by atomic mass is 32.1. The van der Waals surface area contributed by atoms with Crippen LogP contribution < -0.4 is 0 Å². The number of aromatic amines is 1. The average Bonchev–Trinajstić information content (AvgIpc) is 2.68. The van der Waals surface area contributed by atoms with Crippen LogP contribution in [0.2, 0.25) is 0 Å². The van der Waals surface area contributed by atoms with Gasteiger partial charge in [0.2, 0.25) is 0 Å². The quantitative estimate of drug-likeness (QED) is 0.869. The van der Waals surface area contributed by atoms with E-state index in [1.54, 1.807) is 24.3 Å². The fraction of sp³-hybridized carbons (Fsp3) is 0.273. The van der Waals surface area contributed by atoms with Crippen molar-refractivity contribution in [3.63, 3.8) is 0 Å². The number of para-hydroxylation sites is 1. The zero-order valence-electron chi connectivity index (χ0n) is 9.24. The van der Waals surface area contributed by atoms with Gasteiger partial charge >= 0.3 is 6.18 Å². The molecule has 0 aliphatic carbocycles. The van der Waals surface area contributed by atoms with Crippen LogP contribution in [0.5, 0.6) is 0 Å². The highest BCUT2D eigenvalue weighted by Crippen LogP contribution is 2.22. The molecule has 96 valence electrons. The molecule has 0 aliphatic rings. The van der Waals surface area contributed by atoms with E-state index in [1.165, 1.54) is 4.57 Å². The second kappa shape index (κ2) is 4.93. The highest BCUT2D eigenvalue weighted by Gasteiger charge is 2.27. The Bertz CT molecular complexity index is 571. The summed E-state index contributed by atoms with van der Waals surface area (Å²) in [6.07, 6.45) is -5.32.